The monoisotopic (exact) mass is 245 g/mol. The van der Waals surface area contributed by atoms with Crippen LogP contribution in [0.15, 0.2) is 0 Å². The van der Waals surface area contributed by atoms with Gasteiger partial charge in [-0.25, -0.2) is 0 Å². The zero-order valence-electron chi connectivity index (χ0n) is 10.7. The van der Waals surface area contributed by atoms with E-state index in [1.165, 1.54) is 7.11 Å². The SMILES string of the molecule is CCCC(CCNC(=O)COC)CCC(=O)O. The minimum absolute atomic E-state index is 0.0770. The van der Waals surface area contributed by atoms with E-state index in [1.54, 1.807) is 0 Å². The van der Waals surface area contributed by atoms with Gasteiger partial charge in [0, 0.05) is 20.1 Å². The van der Waals surface area contributed by atoms with Crippen LogP contribution in [0.1, 0.15) is 39.0 Å². The molecule has 17 heavy (non-hydrogen) atoms. The molecule has 0 saturated carbocycles. The number of hydrogen-bond acceptors (Lipinski definition) is 3. The van der Waals surface area contributed by atoms with Crippen molar-refractivity contribution in [1.82, 2.24) is 5.32 Å². The van der Waals surface area contributed by atoms with Crippen LogP contribution in [0.5, 0.6) is 0 Å². The Balaban J connectivity index is 3.75. The molecule has 2 N–H and O–H groups in total. The first kappa shape index (κ1) is 15.9. The van der Waals surface area contributed by atoms with Crippen molar-refractivity contribution >= 4 is 11.9 Å². The molecule has 0 rings (SSSR count). The Bertz CT molecular complexity index is 231. The summed E-state index contributed by atoms with van der Waals surface area (Å²) < 4.78 is 4.70. The summed E-state index contributed by atoms with van der Waals surface area (Å²) in [4.78, 5) is 21.6. The Hall–Kier alpha value is -1.10. The van der Waals surface area contributed by atoms with Crippen LogP contribution >= 0.6 is 0 Å². The summed E-state index contributed by atoms with van der Waals surface area (Å²) in [5, 5.41) is 11.4. The summed E-state index contributed by atoms with van der Waals surface area (Å²) in [7, 11) is 1.48. The van der Waals surface area contributed by atoms with Crippen molar-refractivity contribution in [3.8, 4) is 0 Å². The highest BCUT2D eigenvalue weighted by Gasteiger charge is 2.10. The molecular formula is C12H23NO4. The van der Waals surface area contributed by atoms with Crippen LogP contribution in [0.3, 0.4) is 0 Å². The topological polar surface area (TPSA) is 75.6 Å². The minimum Gasteiger partial charge on any atom is -0.481 e. The molecule has 1 amide bonds. The molecule has 0 spiro atoms. The predicted octanol–water partition coefficient (Wildman–Crippen LogP) is 1.42. The minimum atomic E-state index is -0.755. The zero-order valence-corrected chi connectivity index (χ0v) is 10.7. The Morgan fingerprint density at radius 2 is 2.00 bits per heavy atom. The number of carbonyl (C=O) groups excluding carboxylic acids is 1. The fourth-order valence-corrected chi connectivity index (χ4v) is 1.77. The lowest BCUT2D eigenvalue weighted by molar-refractivity contribution is -0.137. The normalized spacial score (nSPS) is 12.1. The van der Waals surface area contributed by atoms with Crippen molar-refractivity contribution < 1.29 is 19.4 Å². The summed E-state index contributed by atoms with van der Waals surface area (Å²) in [6.45, 7) is 2.75. The number of aliphatic carboxylic acids is 1. The maximum Gasteiger partial charge on any atom is 0.303 e. The average molecular weight is 245 g/mol. The molecule has 0 fully saturated rings. The van der Waals surface area contributed by atoms with Crippen molar-refractivity contribution in [3.63, 3.8) is 0 Å². The van der Waals surface area contributed by atoms with E-state index >= 15 is 0 Å². The third-order valence-corrected chi connectivity index (χ3v) is 2.61. The number of methoxy groups -OCH3 is 1. The number of hydrogen-bond donors (Lipinski definition) is 2. The number of carboxylic acids is 1. The lowest BCUT2D eigenvalue weighted by Crippen LogP contribution is -2.29. The van der Waals surface area contributed by atoms with Gasteiger partial charge in [-0.3, -0.25) is 9.59 Å². The molecule has 0 aromatic rings. The van der Waals surface area contributed by atoms with Crippen molar-refractivity contribution in [1.29, 1.82) is 0 Å². The van der Waals surface area contributed by atoms with E-state index in [0.29, 0.717) is 18.9 Å². The second kappa shape index (κ2) is 10.1. The second-order valence-corrected chi connectivity index (χ2v) is 4.16. The van der Waals surface area contributed by atoms with Gasteiger partial charge in [0.2, 0.25) is 5.91 Å². The lowest BCUT2D eigenvalue weighted by atomic mass is 9.94. The highest BCUT2D eigenvalue weighted by Crippen LogP contribution is 2.16. The first-order chi connectivity index (χ1) is 8.10. The lowest BCUT2D eigenvalue weighted by Gasteiger charge is -2.15. The van der Waals surface area contributed by atoms with Gasteiger partial charge in [-0.05, 0) is 18.8 Å². The number of carbonyl (C=O) groups is 2. The first-order valence-electron chi connectivity index (χ1n) is 6.07. The van der Waals surface area contributed by atoms with Crippen molar-refractivity contribution in [2.24, 2.45) is 5.92 Å². The molecule has 0 aliphatic carbocycles. The van der Waals surface area contributed by atoms with Crippen LogP contribution in [-0.4, -0.2) is 37.2 Å². The van der Waals surface area contributed by atoms with Gasteiger partial charge in [-0.2, -0.15) is 0 Å². The van der Waals surface area contributed by atoms with Gasteiger partial charge in [-0.1, -0.05) is 19.8 Å². The van der Waals surface area contributed by atoms with E-state index in [-0.39, 0.29) is 18.9 Å². The number of ether oxygens (including phenoxy) is 1. The van der Waals surface area contributed by atoms with Crippen LogP contribution in [0.25, 0.3) is 0 Å². The molecule has 0 radical (unpaired) electrons. The second-order valence-electron chi connectivity index (χ2n) is 4.16. The van der Waals surface area contributed by atoms with E-state index in [9.17, 15) is 9.59 Å². The number of rotatable bonds is 10. The molecule has 0 saturated heterocycles. The molecule has 0 aromatic heterocycles. The van der Waals surface area contributed by atoms with Crippen LogP contribution in [-0.2, 0) is 14.3 Å². The van der Waals surface area contributed by atoms with E-state index in [0.717, 1.165) is 19.3 Å². The number of nitrogens with one attached hydrogen (secondary N) is 1. The fourth-order valence-electron chi connectivity index (χ4n) is 1.77. The fraction of sp³-hybridized carbons (Fsp3) is 0.833. The van der Waals surface area contributed by atoms with Crippen LogP contribution < -0.4 is 5.32 Å². The maximum absolute atomic E-state index is 11.1. The smallest absolute Gasteiger partial charge is 0.303 e. The molecule has 5 nitrogen and oxygen atoms in total. The summed E-state index contributed by atoms with van der Waals surface area (Å²) in [6.07, 6.45) is 3.76. The maximum atomic E-state index is 11.1. The molecule has 0 bridgehead atoms. The molecule has 1 atom stereocenters. The van der Waals surface area contributed by atoms with Gasteiger partial charge < -0.3 is 15.2 Å². The number of carboxylic acid groups (broad SMARTS) is 1. The average Bonchev–Trinajstić information content (AvgIpc) is 2.26. The summed E-state index contributed by atoms with van der Waals surface area (Å²) in [6, 6.07) is 0. The van der Waals surface area contributed by atoms with Crippen LogP contribution in [0.2, 0.25) is 0 Å². The Labute approximate surface area is 103 Å². The molecule has 0 aliphatic rings. The molecule has 100 valence electrons. The quantitative estimate of drug-likeness (QED) is 0.610. The molecule has 0 aliphatic heterocycles. The van der Waals surface area contributed by atoms with Gasteiger partial charge in [0.25, 0.3) is 0 Å². The molecule has 0 aromatic carbocycles. The van der Waals surface area contributed by atoms with Gasteiger partial charge in [0.05, 0.1) is 0 Å². The van der Waals surface area contributed by atoms with Crippen LogP contribution in [0, 0.1) is 5.92 Å². The van der Waals surface area contributed by atoms with Crippen molar-refractivity contribution in [2.75, 3.05) is 20.3 Å². The third-order valence-electron chi connectivity index (χ3n) is 2.61. The molecular weight excluding hydrogens is 222 g/mol. The zero-order chi connectivity index (χ0) is 13.1. The summed E-state index contributed by atoms with van der Waals surface area (Å²) in [5.74, 6) is -0.505. The van der Waals surface area contributed by atoms with E-state index in [1.807, 2.05) is 0 Å². The number of amides is 1. The van der Waals surface area contributed by atoms with E-state index < -0.39 is 5.97 Å². The molecule has 5 heteroatoms. The Kier molecular flexibility index (Phi) is 9.43. The van der Waals surface area contributed by atoms with Gasteiger partial charge >= 0.3 is 5.97 Å². The predicted molar refractivity (Wildman–Crippen MR) is 64.8 cm³/mol. The third kappa shape index (κ3) is 9.81. The van der Waals surface area contributed by atoms with E-state index in [4.69, 9.17) is 9.84 Å². The standard InChI is InChI=1S/C12H23NO4/c1-3-4-10(5-6-12(15)16)7-8-13-11(14)9-17-2/h10H,3-9H2,1-2H3,(H,13,14)(H,15,16). The molecule has 0 heterocycles. The highest BCUT2D eigenvalue weighted by molar-refractivity contribution is 5.77. The highest BCUT2D eigenvalue weighted by atomic mass is 16.5. The largest absolute Gasteiger partial charge is 0.481 e. The molecule has 1 unspecified atom stereocenters. The Morgan fingerprint density at radius 1 is 1.29 bits per heavy atom. The van der Waals surface area contributed by atoms with Crippen LogP contribution in [0.4, 0.5) is 0 Å². The summed E-state index contributed by atoms with van der Waals surface area (Å²) >= 11 is 0. The first-order valence-corrected chi connectivity index (χ1v) is 6.07. The van der Waals surface area contributed by atoms with E-state index in [2.05, 4.69) is 12.2 Å². The summed E-state index contributed by atoms with van der Waals surface area (Å²) in [5.41, 5.74) is 0. The van der Waals surface area contributed by atoms with Gasteiger partial charge in [-0.15, -0.1) is 0 Å². The van der Waals surface area contributed by atoms with Gasteiger partial charge in [0.1, 0.15) is 6.61 Å². The van der Waals surface area contributed by atoms with Gasteiger partial charge in [0.15, 0.2) is 0 Å². The Morgan fingerprint density at radius 3 is 2.53 bits per heavy atom. The van der Waals surface area contributed by atoms with Crippen molar-refractivity contribution in [2.45, 2.75) is 39.0 Å². The van der Waals surface area contributed by atoms with Crippen molar-refractivity contribution in [3.05, 3.63) is 0 Å².